The Morgan fingerprint density at radius 2 is 2.11 bits per heavy atom. The van der Waals surface area contributed by atoms with Gasteiger partial charge in [0, 0.05) is 16.2 Å². The van der Waals surface area contributed by atoms with Crippen molar-refractivity contribution in [3.05, 3.63) is 52.6 Å². The van der Waals surface area contributed by atoms with Gasteiger partial charge in [0.05, 0.1) is 5.56 Å². The molecule has 0 spiro atoms. The van der Waals surface area contributed by atoms with Gasteiger partial charge in [-0.1, -0.05) is 28.1 Å². The summed E-state index contributed by atoms with van der Waals surface area (Å²) in [6, 6.07) is 13.4. The number of rotatable bonds is 1. The molecule has 18 heavy (non-hydrogen) atoms. The molecule has 0 atom stereocenters. The number of benzene rings is 1. The molecule has 2 aromatic heterocycles. The van der Waals surface area contributed by atoms with E-state index in [0.717, 1.165) is 15.7 Å². The van der Waals surface area contributed by atoms with Crippen LogP contribution in [0.5, 0.6) is 0 Å². The van der Waals surface area contributed by atoms with E-state index in [1.54, 1.807) is 22.8 Å². The molecule has 0 N–H and O–H groups in total. The molecule has 0 bridgehead atoms. The number of fused-ring (bicyclic) bond motifs is 1. The summed E-state index contributed by atoms with van der Waals surface area (Å²) < 4.78 is 2.60. The molecule has 2 heterocycles. The lowest BCUT2D eigenvalue weighted by Crippen LogP contribution is -1.88. The Kier molecular flexibility index (Phi) is 2.58. The summed E-state index contributed by atoms with van der Waals surface area (Å²) >= 11 is 3.42. The number of nitrogens with zero attached hydrogens (tertiary/aromatic N) is 4. The normalized spacial score (nSPS) is 10.4. The first-order valence-corrected chi connectivity index (χ1v) is 6.08. The van der Waals surface area contributed by atoms with Crippen molar-refractivity contribution in [1.29, 1.82) is 5.26 Å². The van der Waals surface area contributed by atoms with Crippen LogP contribution in [0.2, 0.25) is 0 Å². The van der Waals surface area contributed by atoms with E-state index in [1.807, 2.05) is 24.3 Å². The fourth-order valence-corrected chi connectivity index (χ4v) is 2.10. The zero-order valence-electron chi connectivity index (χ0n) is 9.21. The summed E-state index contributed by atoms with van der Waals surface area (Å²) in [6.07, 6.45) is 1.67. The Hall–Kier alpha value is -2.19. The molecular formula is C13H7BrN4. The molecular weight excluding hydrogens is 292 g/mol. The third-order valence-corrected chi connectivity index (χ3v) is 3.04. The second-order valence-electron chi connectivity index (χ2n) is 3.78. The summed E-state index contributed by atoms with van der Waals surface area (Å²) in [5.74, 6) is 0.645. The molecule has 5 heteroatoms. The maximum Gasteiger partial charge on any atom is 0.182 e. The van der Waals surface area contributed by atoms with E-state index < -0.39 is 0 Å². The molecule has 3 rings (SSSR count). The molecule has 0 aliphatic carbocycles. The van der Waals surface area contributed by atoms with Gasteiger partial charge in [-0.25, -0.2) is 9.50 Å². The van der Waals surface area contributed by atoms with Crippen LogP contribution in [0.1, 0.15) is 5.56 Å². The zero-order valence-corrected chi connectivity index (χ0v) is 10.8. The van der Waals surface area contributed by atoms with Gasteiger partial charge in [-0.2, -0.15) is 5.26 Å². The van der Waals surface area contributed by atoms with Crippen LogP contribution in [-0.2, 0) is 0 Å². The average molecular weight is 299 g/mol. The predicted octanol–water partition coefficient (Wildman–Crippen LogP) is 3.03. The van der Waals surface area contributed by atoms with Crippen molar-refractivity contribution in [2.45, 2.75) is 0 Å². The molecule has 0 fully saturated rings. The molecule has 0 unspecified atom stereocenters. The van der Waals surface area contributed by atoms with Crippen molar-refractivity contribution in [2.75, 3.05) is 0 Å². The van der Waals surface area contributed by atoms with E-state index in [0.29, 0.717) is 11.4 Å². The van der Waals surface area contributed by atoms with Crippen LogP contribution in [0, 0.1) is 11.3 Å². The monoisotopic (exact) mass is 298 g/mol. The first-order chi connectivity index (χ1) is 8.76. The maximum absolute atomic E-state index is 8.84. The lowest BCUT2D eigenvalue weighted by molar-refractivity contribution is 0.962. The zero-order chi connectivity index (χ0) is 12.5. The summed E-state index contributed by atoms with van der Waals surface area (Å²) in [5, 5.41) is 13.2. The van der Waals surface area contributed by atoms with E-state index in [-0.39, 0.29) is 0 Å². The third kappa shape index (κ3) is 1.87. The van der Waals surface area contributed by atoms with E-state index in [9.17, 15) is 0 Å². The molecule has 86 valence electrons. The molecule has 1 aromatic carbocycles. The van der Waals surface area contributed by atoms with Gasteiger partial charge in [0.15, 0.2) is 11.5 Å². The number of hydrogen-bond donors (Lipinski definition) is 0. The van der Waals surface area contributed by atoms with E-state index in [2.05, 4.69) is 32.1 Å². The highest BCUT2D eigenvalue weighted by Gasteiger charge is 2.06. The van der Waals surface area contributed by atoms with Crippen molar-refractivity contribution in [2.24, 2.45) is 0 Å². The van der Waals surface area contributed by atoms with E-state index in [1.165, 1.54) is 0 Å². The third-order valence-electron chi connectivity index (χ3n) is 2.54. The Labute approximate surface area is 112 Å². The summed E-state index contributed by atoms with van der Waals surface area (Å²) in [4.78, 5) is 4.42. The molecule has 0 aliphatic heterocycles. The fraction of sp³-hybridized carbons (Fsp3) is 0. The Balaban J connectivity index is 2.17. The van der Waals surface area contributed by atoms with Gasteiger partial charge in [0.1, 0.15) is 6.07 Å². The molecule has 4 nitrogen and oxygen atoms in total. The molecule has 0 saturated heterocycles. The van der Waals surface area contributed by atoms with Gasteiger partial charge in [0.2, 0.25) is 0 Å². The topological polar surface area (TPSA) is 54.0 Å². The molecule has 0 amide bonds. The van der Waals surface area contributed by atoms with Crippen molar-refractivity contribution in [1.82, 2.24) is 14.6 Å². The van der Waals surface area contributed by atoms with Gasteiger partial charge in [-0.05, 0) is 24.3 Å². The van der Waals surface area contributed by atoms with Crippen LogP contribution < -0.4 is 0 Å². The summed E-state index contributed by atoms with van der Waals surface area (Å²) in [7, 11) is 0. The number of pyridine rings is 1. The first kappa shape index (κ1) is 10.9. The average Bonchev–Trinajstić information content (AvgIpc) is 2.81. The van der Waals surface area contributed by atoms with Crippen molar-refractivity contribution in [3.63, 3.8) is 0 Å². The Morgan fingerprint density at radius 1 is 1.22 bits per heavy atom. The van der Waals surface area contributed by atoms with Crippen molar-refractivity contribution in [3.8, 4) is 17.5 Å². The van der Waals surface area contributed by atoms with E-state index in [4.69, 9.17) is 5.26 Å². The largest absolute Gasteiger partial charge is 0.219 e. The standard InChI is InChI=1S/C13H7BrN4/c14-11-3-1-2-10(6-11)13-16-12-5-4-9(7-15)8-18(12)17-13/h1-6,8H. The minimum Gasteiger partial charge on any atom is -0.219 e. The number of halogens is 1. The number of hydrogen-bond acceptors (Lipinski definition) is 3. The highest BCUT2D eigenvalue weighted by atomic mass is 79.9. The SMILES string of the molecule is N#Cc1ccc2nc(-c3cccc(Br)c3)nn2c1. The first-order valence-electron chi connectivity index (χ1n) is 5.29. The fourth-order valence-electron chi connectivity index (χ4n) is 1.70. The minimum atomic E-state index is 0.563. The smallest absolute Gasteiger partial charge is 0.182 e. The van der Waals surface area contributed by atoms with Crippen molar-refractivity contribution >= 4 is 21.6 Å². The summed E-state index contributed by atoms with van der Waals surface area (Å²) in [6.45, 7) is 0. The lowest BCUT2D eigenvalue weighted by atomic mass is 10.2. The van der Waals surface area contributed by atoms with Gasteiger partial charge >= 0.3 is 0 Å². The second-order valence-corrected chi connectivity index (χ2v) is 4.69. The van der Waals surface area contributed by atoms with Crippen LogP contribution >= 0.6 is 15.9 Å². The number of nitriles is 1. The quantitative estimate of drug-likeness (QED) is 0.694. The molecule has 0 saturated carbocycles. The van der Waals surface area contributed by atoms with Crippen molar-refractivity contribution < 1.29 is 0 Å². The molecule has 0 aliphatic rings. The van der Waals surface area contributed by atoms with Gasteiger partial charge in [0.25, 0.3) is 0 Å². The van der Waals surface area contributed by atoms with Gasteiger partial charge < -0.3 is 0 Å². The van der Waals surface area contributed by atoms with Crippen LogP contribution in [0.3, 0.4) is 0 Å². The van der Waals surface area contributed by atoms with E-state index >= 15 is 0 Å². The molecule has 0 radical (unpaired) electrons. The van der Waals surface area contributed by atoms with Gasteiger partial charge in [-0.15, -0.1) is 5.10 Å². The Morgan fingerprint density at radius 3 is 2.89 bits per heavy atom. The van der Waals surface area contributed by atoms with Crippen LogP contribution in [-0.4, -0.2) is 14.6 Å². The lowest BCUT2D eigenvalue weighted by Gasteiger charge is -1.94. The minimum absolute atomic E-state index is 0.563. The van der Waals surface area contributed by atoms with Gasteiger partial charge in [-0.3, -0.25) is 0 Å². The van der Waals surface area contributed by atoms with Crippen LogP contribution in [0.15, 0.2) is 47.1 Å². The number of aromatic nitrogens is 3. The molecule has 3 aromatic rings. The highest BCUT2D eigenvalue weighted by Crippen LogP contribution is 2.20. The van der Waals surface area contributed by atoms with Crippen LogP contribution in [0.25, 0.3) is 17.0 Å². The highest BCUT2D eigenvalue weighted by molar-refractivity contribution is 9.10. The Bertz CT molecular complexity index is 770. The predicted molar refractivity (Wildman–Crippen MR) is 70.8 cm³/mol. The second kappa shape index (κ2) is 4.24. The maximum atomic E-state index is 8.84. The van der Waals surface area contributed by atoms with Crippen LogP contribution in [0.4, 0.5) is 0 Å². The summed E-state index contributed by atoms with van der Waals surface area (Å²) in [5.41, 5.74) is 2.23.